The maximum absolute atomic E-state index is 13.5. The number of pyridine rings is 1. The van der Waals surface area contributed by atoms with Gasteiger partial charge in [0.15, 0.2) is 5.82 Å². The van der Waals surface area contributed by atoms with E-state index in [2.05, 4.69) is 44.5 Å². The number of nitrogens with one attached hydrogen (secondary N) is 1. The van der Waals surface area contributed by atoms with Crippen molar-refractivity contribution in [2.24, 2.45) is 0 Å². The van der Waals surface area contributed by atoms with Crippen LogP contribution in [-0.4, -0.2) is 56.5 Å². The first-order chi connectivity index (χ1) is 17.2. The van der Waals surface area contributed by atoms with Gasteiger partial charge < -0.3 is 14.5 Å². The SMILES string of the molecule is CCN(Cc1ccccc1)[C@H](c1cc2ccc(OC)cc2[nH]c1=O)c1nnnn1C[C@H]1CCCO1. The Balaban J connectivity index is 1.61. The Bertz CT molecular complexity index is 1330. The first kappa shape index (κ1) is 23.2. The van der Waals surface area contributed by atoms with E-state index >= 15 is 0 Å². The summed E-state index contributed by atoms with van der Waals surface area (Å²) in [6.07, 6.45) is 2.09. The number of nitrogens with zero attached hydrogens (tertiary/aromatic N) is 5. The van der Waals surface area contributed by atoms with Gasteiger partial charge in [-0.15, -0.1) is 5.10 Å². The van der Waals surface area contributed by atoms with Crippen molar-refractivity contribution in [1.29, 1.82) is 0 Å². The zero-order valence-corrected chi connectivity index (χ0v) is 20.1. The van der Waals surface area contributed by atoms with Crippen molar-refractivity contribution in [1.82, 2.24) is 30.1 Å². The van der Waals surface area contributed by atoms with Crippen molar-refractivity contribution in [3.05, 3.63) is 81.9 Å². The highest BCUT2D eigenvalue weighted by molar-refractivity contribution is 5.80. The Morgan fingerprint density at radius 2 is 2.09 bits per heavy atom. The minimum Gasteiger partial charge on any atom is -0.497 e. The molecule has 4 aromatic rings. The molecule has 0 amide bonds. The molecule has 1 aliphatic heterocycles. The predicted molar refractivity (Wildman–Crippen MR) is 132 cm³/mol. The summed E-state index contributed by atoms with van der Waals surface area (Å²) in [4.78, 5) is 18.7. The van der Waals surface area contributed by atoms with Crippen molar-refractivity contribution in [3.8, 4) is 5.75 Å². The van der Waals surface area contributed by atoms with Gasteiger partial charge in [0.1, 0.15) is 11.8 Å². The van der Waals surface area contributed by atoms with Crippen LogP contribution in [0, 0.1) is 0 Å². The van der Waals surface area contributed by atoms with Gasteiger partial charge in [0.05, 0.1) is 25.3 Å². The Labute approximate surface area is 203 Å². The molecule has 0 unspecified atom stereocenters. The predicted octanol–water partition coefficient (Wildman–Crippen LogP) is 3.31. The largest absolute Gasteiger partial charge is 0.497 e. The quantitative estimate of drug-likeness (QED) is 0.397. The number of tetrazole rings is 1. The van der Waals surface area contributed by atoms with Crippen LogP contribution in [0.4, 0.5) is 0 Å². The lowest BCUT2D eigenvalue weighted by atomic mass is 10.0. The third-order valence-corrected chi connectivity index (χ3v) is 6.58. The Hall–Kier alpha value is -3.56. The molecule has 0 aliphatic carbocycles. The molecule has 0 saturated carbocycles. The van der Waals surface area contributed by atoms with Gasteiger partial charge in [-0.25, -0.2) is 4.68 Å². The second-order valence-electron chi connectivity index (χ2n) is 8.81. The molecule has 1 saturated heterocycles. The molecule has 182 valence electrons. The van der Waals surface area contributed by atoms with Gasteiger partial charge in [-0.05, 0) is 59.0 Å². The zero-order chi connectivity index (χ0) is 24.2. The van der Waals surface area contributed by atoms with Gasteiger partial charge >= 0.3 is 0 Å². The highest BCUT2D eigenvalue weighted by atomic mass is 16.5. The molecule has 2 atom stereocenters. The molecule has 0 radical (unpaired) electrons. The van der Waals surface area contributed by atoms with Gasteiger partial charge in [0.2, 0.25) is 0 Å². The molecular formula is C26H30N6O3. The van der Waals surface area contributed by atoms with Crippen molar-refractivity contribution in [2.75, 3.05) is 20.3 Å². The van der Waals surface area contributed by atoms with Crippen molar-refractivity contribution >= 4 is 10.9 Å². The lowest BCUT2D eigenvalue weighted by molar-refractivity contribution is 0.0907. The molecule has 1 aliphatic rings. The summed E-state index contributed by atoms with van der Waals surface area (Å²) in [6.45, 7) is 4.75. The van der Waals surface area contributed by atoms with E-state index in [1.165, 1.54) is 0 Å². The number of benzene rings is 2. The summed E-state index contributed by atoms with van der Waals surface area (Å²) < 4.78 is 13.0. The van der Waals surface area contributed by atoms with E-state index in [9.17, 15) is 4.79 Å². The van der Waals surface area contributed by atoms with Crippen molar-refractivity contribution in [3.63, 3.8) is 0 Å². The van der Waals surface area contributed by atoms with Crippen LogP contribution in [0.15, 0.2) is 59.4 Å². The first-order valence-electron chi connectivity index (χ1n) is 12.0. The smallest absolute Gasteiger partial charge is 0.253 e. The average molecular weight is 475 g/mol. The molecule has 0 spiro atoms. The van der Waals surface area contributed by atoms with Gasteiger partial charge in [-0.2, -0.15) is 0 Å². The second kappa shape index (κ2) is 10.4. The number of methoxy groups -OCH3 is 1. The minimum atomic E-state index is -0.438. The van der Waals surface area contributed by atoms with Gasteiger partial charge in [-0.1, -0.05) is 37.3 Å². The monoisotopic (exact) mass is 474 g/mol. The summed E-state index contributed by atoms with van der Waals surface area (Å²) in [6, 6.07) is 17.4. The number of hydrogen-bond acceptors (Lipinski definition) is 7. The van der Waals surface area contributed by atoms with E-state index < -0.39 is 6.04 Å². The lowest BCUT2D eigenvalue weighted by Gasteiger charge is -2.30. The summed E-state index contributed by atoms with van der Waals surface area (Å²) in [5.74, 6) is 1.33. The third-order valence-electron chi connectivity index (χ3n) is 6.58. The van der Waals surface area contributed by atoms with E-state index in [1.807, 2.05) is 42.5 Å². The van der Waals surface area contributed by atoms with Crippen LogP contribution in [0.1, 0.15) is 42.8 Å². The Morgan fingerprint density at radius 3 is 2.83 bits per heavy atom. The first-order valence-corrected chi connectivity index (χ1v) is 12.0. The molecule has 1 fully saturated rings. The second-order valence-corrected chi connectivity index (χ2v) is 8.81. The number of H-pyrrole nitrogens is 1. The minimum absolute atomic E-state index is 0.0736. The summed E-state index contributed by atoms with van der Waals surface area (Å²) in [7, 11) is 1.61. The van der Waals surface area contributed by atoms with Crippen LogP contribution in [-0.2, 0) is 17.8 Å². The zero-order valence-electron chi connectivity index (χ0n) is 20.1. The Kier molecular flexibility index (Phi) is 6.87. The van der Waals surface area contributed by atoms with Crippen LogP contribution in [0.2, 0.25) is 0 Å². The molecule has 1 N–H and O–H groups in total. The molecule has 2 aromatic carbocycles. The van der Waals surface area contributed by atoms with Crippen molar-refractivity contribution in [2.45, 2.75) is 45.0 Å². The van der Waals surface area contributed by atoms with Gasteiger partial charge in [-0.3, -0.25) is 9.69 Å². The highest BCUT2D eigenvalue weighted by Gasteiger charge is 2.31. The maximum atomic E-state index is 13.5. The molecule has 0 bridgehead atoms. The van der Waals surface area contributed by atoms with E-state index in [4.69, 9.17) is 9.47 Å². The molecule has 2 aromatic heterocycles. The topological polar surface area (TPSA) is 98.2 Å². The van der Waals surface area contributed by atoms with E-state index in [0.29, 0.717) is 36.8 Å². The molecule has 9 nitrogen and oxygen atoms in total. The number of rotatable bonds is 9. The highest BCUT2D eigenvalue weighted by Crippen LogP contribution is 2.29. The molecule has 3 heterocycles. The molecular weight excluding hydrogens is 444 g/mol. The van der Waals surface area contributed by atoms with Crippen LogP contribution in [0.3, 0.4) is 0 Å². The Morgan fingerprint density at radius 1 is 1.23 bits per heavy atom. The molecule has 35 heavy (non-hydrogen) atoms. The average Bonchev–Trinajstić information content (AvgIpc) is 3.57. The lowest BCUT2D eigenvalue weighted by Crippen LogP contribution is -2.35. The van der Waals surface area contributed by atoms with Gasteiger partial charge in [0, 0.05) is 24.8 Å². The van der Waals surface area contributed by atoms with E-state index in [0.717, 1.165) is 35.9 Å². The number of fused-ring (bicyclic) bond motifs is 1. The van der Waals surface area contributed by atoms with Crippen LogP contribution in [0.5, 0.6) is 5.75 Å². The van der Waals surface area contributed by atoms with Crippen LogP contribution < -0.4 is 10.3 Å². The molecule has 5 rings (SSSR count). The van der Waals surface area contributed by atoms with Crippen LogP contribution in [0.25, 0.3) is 10.9 Å². The third kappa shape index (κ3) is 4.96. The fourth-order valence-electron chi connectivity index (χ4n) is 4.75. The fraction of sp³-hybridized carbons (Fsp3) is 0.385. The van der Waals surface area contributed by atoms with E-state index in [1.54, 1.807) is 11.8 Å². The number of aromatic nitrogens is 5. The van der Waals surface area contributed by atoms with Crippen LogP contribution >= 0.6 is 0 Å². The number of hydrogen-bond donors (Lipinski definition) is 1. The normalized spacial score (nSPS) is 16.7. The van der Waals surface area contributed by atoms with Crippen molar-refractivity contribution < 1.29 is 9.47 Å². The van der Waals surface area contributed by atoms with Gasteiger partial charge in [0.25, 0.3) is 5.56 Å². The number of ether oxygens (including phenoxy) is 2. The maximum Gasteiger partial charge on any atom is 0.253 e. The standard InChI is InChI=1S/C26H30N6O3/c1-3-31(16-18-8-5-4-6-9-18)24(25-28-29-30-32(25)17-21-10-7-13-35-21)22-14-19-11-12-20(34-2)15-23(19)27-26(22)33/h4-6,8-9,11-12,14-15,21,24H,3,7,10,13,16-17H2,1-2H3,(H,27,33)/t21-,24-/m1/s1. The summed E-state index contributed by atoms with van der Waals surface area (Å²) in [5.41, 5.74) is 2.30. The summed E-state index contributed by atoms with van der Waals surface area (Å²) >= 11 is 0. The number of aromatic amines is 1. The van der Waals surface area contributed by atoms with E-state index in [-0.39, 0.29) is 11.7 Å². The fourth-order valence-corrected chi connectivity index (χ4v) is 4.75. The molecule has 9 heteroatoms. The summed E-state index contributed by atoms with van der Waals surface area (Å²) in [5, 5.41) is 13.6.